The van der Waals surface area contributed by atoms with Crippen LogP contribution in [-0.4, -0.2) is 35.2 Å². The van der Waals surface area contributed by atoms with Crippen molar-refractivity contribution in [3.05, 3.63) is 24.3 Å². The van der Waals surface area contributed by atoms with Crippen LogP contribution < -0.4 is 5.32 Å². The second kappa shape index (κ2) is 4.30. The molecule has 0 aromatic carbocycles. The van der Waals surface area contributed by atoms with Crippen LogP contribution in [0.2, 0.25) is 0 Å². The first-order valence-electron chi connectivity index (χ1n) is 4.84. The maximum absolute atomic E-state index is 11.6. The molecule has 1 aliphatic rings. The zero-order chi connectivity index (χ0) is 12.5. The third kappa shape index (κ3) is 2.18. The fourth-order valence-electron chi connectivity index (χ4n) is 1.43. The molecule has 0 aliphatic carbocycles. The van der Waals surface area contributed by atoms with E-state index in [2.05, 4.69) is 18.5 Å². The molecule has 0 radical (unpaired) electrons. The van der Waals surface area contributed by atoms with Crippen LogP contribution in [0.25, 0.3) is 0 Å². The number of nitrogens with one attached hydrogen (secondary N) is 1. The van der Waals surface area contributed by atoms with Crippen LogP contribution in [0.3, 0.4) is 0 Å². The van der Waals surface area contributed by atoms with Crippen LogP contribution in [-0.2, 0) is 14.4 Å². The zero-order valence-electron chi connectivity index (χ0n) is 9.37. The van der Waals surface area contributed by atoms with E-state index in [0.29, 0.717) is 11.1 Å². The number of nitrogens with zero attached hydrogens (tertiary/aromatic N) is 1. The molecule has 16 heavy (non-hydrogen) atoms. The summed E-state index contributed by atoms with van der Waals surface area (Å²) in [5.74, 6) is -1.25. The Kier molecular flexibility index (Phi) is 3.27. The molecule has 1 N–H and O–H groups in total. The summed E-state index contributed by atoms with van der Waals surface area (Å²) in [6, 6.07) is -0.701. The molecule has 3 amide bonds. The molecule has 5 heteroatoms. The standard InChI is InChI=1S/C11H14N2O3/c1-6-5-13(11(16)7(6)2)8(3)10(15)12-9(4)14/h8H,1-2,5H2,3-4H3,(H,12,14,15). The van der Waals surface area contributed by atoms with Gasteiger partial charge in [0.05, 0.1) is 0 Å². The number of hydrogen-bond donors (Lipinski definition) is 1. The van der Waals surface area contributed by atoms with Crippen molar-refractivity contribution in [2.75, 3.05) is 6.54 Å². The number of carbonyl (C=O) groups is 3. The lowest BCUT2D eigenvalue weighted by Gasteiger charge is -2.22. The first kappa shape index (κ1) is 12.2. The van der Waals surface area contributed by atoms with Gasteiger partial charge in [-0.15, -0.1) is 0 Å². The number of hydrogen-bond acceptors (Lipinski definition) is 3. The predicted octanol–water partition coefficient (Wildman–Crippen LogP) is -0.00780. The number of imide groups is 1. The minimum absolute atomic E-state index is 0.282. The van der Waals surface area contributed by atoms with E-state index in [-0.39, 0.29) is 12.5 Å². The Morgan fingerprint density at radius 2 is 2.00 bits per heavy atom. The normalized spacial score (nSPS) is 17.6. The van der Waals surface area contributed by atoms with E-state index in [1.54, 1.807) is 6.92 Å². The van der Waals surface area contributed by atoms with Crippen molar-refractivity contribution in [3.8, 4) is 0 Å². The molecule has 1 rings (SSSR count). The molecule has 86 valence electrons. The van der Waals surface area contributed by atoms with E-state index in [1.165, 1.54) is 11.8 Å². The summed E-state index contributed by atoms with van der Waals surface area (Å²) in [7, 11) is 0. The highest BCUT2D eigenvalue weighted by molar-refractivity contribution is 6.04. The Labute approximate surface area is 93.8 Å². The number of carbonyl (C=O) groups excluding carboxylic acids is 3. The fourth-order valence-corrected chi connectivity index (χ4v) is 1.43. The number of likely N-dealkylation sites (tertiary alicyclic amines) is 1. The van der Waals surface area contributed by atoms with Crippen molar-refractivity contribution >= 4 is 17.7 Å². The highest BCUT2D eigenvalue weighted by atomic mass is 16.2. The summed E-state index contributed by atoms with van der Waals surface area (Å²) in [5, 5.41) is 2.14. The quantitative estimate of drug-likeness (QED) is 0.668. The van der Waals surface area contributed by atoms with Gasteiger partial charge in [-0.3, -0.25) is 19.7 Å². The van der Waals surface area contributed by atoms with Gasteiger partial charge in [0, 0.05) is 19.0 Å². The van der Waals surface area contributed by atoms with Crippen molar-refractivity contribution in [2.45, 2.75) is 19.9 Å². The van der Waals surface area contributed by atoms with E-state index in [9.17, 15) is 14.4 Å². The minimum atomic E-state index is -0.701. The first-order valence-corrected chi connectivity index (χ1v) is 4.84. The van der Waals surface area contributed by atoms with Crippen molar-refractivity contribution in [1.82, 2.24) is 10.2 Å². The van der Waals surface area contributed by atoms with Crippen molar-refractivity contribution < 1.29 is 14.4 Å². The molecule has 0 aromatic heterocycles. The lowest BCUT2D eigenvalue weighted by Crippen LogP contribution is -2.47. The van der Waals surface area contributed by atoms with Gasteiger partial charge < -0.3 is 4.90 Å². The Bertz CT molecular complexity index is 398. The number of amides is 3. The third-order valence-electron chi connectivity index (χ3n) is 2.45. The molecular formula is C11H14N2O3. The molecule has 1 saturated heterocycles. The van der Waals surface area contributed by atoms with Gasteiger partial charge in [0.25, 0.3) is 5.91 Å². The second-order valence-corrected chi connectivity index (χ2v) is 3.74. The van der Waals surface area contributed by atoms with Crippen LogP contribution in [0.5, 0.6) is 0 Å². The van der Waals surface area contributed by atoms with Gasteiger partial charge >= 0.3 is 0 Å². The Morgan fingerprint density at radius 1 is 1.44 bits per heavy atom. The minimum Gasteiger partial charge on any atom is -0.323 e. The summed E-state index contributed by atoms with van der Waals surface area (Å²) < 4.78 is 0. The maximum Gasteiger partial charge on any atom is 0.254 e. The molecule has 1 unspecified atom stereocenters. The second-order valence-electron chi connectivity index (χ2n) is 3.74. The highest BCUT2D eigenvalue weighted by Crippen LogP contribution is 2.22. The summed E-state index contributed by atoms with van der Waals surface area (Å²) >= 11 is 0. The van der Waals surface area contributed by atoms with Crippen molar-refractivity contribution in [3.63, 3.8) is 0 Å². The molecule has 1 fully saturated rings. The predicted molar refractivity (Wildman–Crippen MR) is 58.3 cm³/mol. The third-order valence-corrected chi connectivity index (χ3v) is 2.45. The monoisotopic (exact) mass is 222 g/mol. The summed E-state index contributed by atoms with van der Waals surface area (Å²) in [5.41, 5.74) is 0.926. The molecule has 0 bridgehead atoms. The lowest BCUT2D eigenvalue weighted by molar-refractivity contribution is -0.138. The Hall–Kier alpha value is -1.91. The van der Waals surface area contributed by atoms with Crippen LogP contribution in [0.15, 0.2) is 24.3 Å². The van der Waals surface area contributed by atoms with Gasteiger partial charge in [0.15, 0.2) is 0 Å². The molecule has 1 heterocycles. The van der Waals surface area contributed by atoms with Crippen LogP contribution in [0.1, 0.15) is 13.8 Å². The van der Waals surface area contributed by atoms with E-state index in [0.717, 1.165) is 0 Å². The van der Waals surface area contributed by atoms with Crippen molar-refractivity contribution in [2.24, 2.45) is 0 Å². The molecule has 1 atom stereocenters. The summed E-state index contributed by atoms with van der Waals surface area (Å²) in [6.45, 7) is 10.3. The smallest absolute Gasteiger partial charge is 0.254 e. The molecule has 0 spiro atoms. The SMILES string of the molecule is C=C1CN(C(C)C(=O)NC(C)=O)C(=O)C1=C. The summed E-state index contributed by atoms with van der Waals surface area (Å²) in [6.07, 6.45) is 0. The number of rotatable bonds is 2. The first-order chi connectivity index (χ1) is 7.34. The fraction of sp³-hybridized carbons (Fsp3) is 0.364. The van der Waals surface area contributed by atoms with Crippen LogP contribution in [0.4, 0.5) is 0 Å². The molecule has 0 saturated carbocycles. The molecular weight excluding hydrogens is 208 g/mol. The van der Waals surface area contributed by atoms with E-state index in [4.69, 9.17) is 0 Å². The molecule has 5 nitrogen and oxygen atoms in total. The van der Waals surface area contributed by atoms with E-state index >= 15 is 0 Å². The molecule has 0 aromatic rings. The largest absolute Gasteiger partial charge is 0.323 e. The summed E-state index contributed by atoms with van der Waals surface area (Å²) in [4.78, 5) is 35.2. The average molecular weight is 222 g/mol. The topological polar surface area (TPSA) is 66.5 Å². The van der Waals surface area contributed by atoms with Gasteiger partial charge in [-0.25, -0.2) is 0 Å². The van der Waals surface area contributed by atoms with Gasteiger partial charge in [-0.1, -0.05) is 13.2 Å². The molecule has 1 aliphatic heterocycles. The van der Waals surface area contributed by atoms with Gasteiger partial charge in [0.2, 0.25) is 11.8 Å². The van der Waals surface area contributed by atoms with E-state index < -0.39 is 17.9 Å². The van der Waals surface area contributed by atoms with Gasteiger partial charge in [-0.2, -0.15) is 0 Å². The van der Waals surface area contributed by atoms with E-state index in [1.807, 2.05) is 0 Å². The van der Waals surface area contributed by atoms with Crippen molar-refractivity contribution in [1.29, 1.82) is 0 Å². The van der Waals surface area contributed by atoms with Gasteiger partial charge in [0.1, 0.15) is 6.04 Å². The zero-order valence-corrected chi connectivity index (χ0v) is 9.37. The Balaban J connectivity index is 2.76. The average Bonchev–Trinajstić information content (AvgIpc) is 2.44. The lowest BCUT2D eigenvalue weighted by atomic mass is 10.2. The highest BCUT2D eigenvalue weighted by Gasteiger charge is 2.34. The maximum atomic E-state index is 11.6. The van der Waals surface area contributed by atoms with Crippen LogP contribution in [0, 0.1) is 0 Å². The van der Waals surface area contributed by atoms with Gasteiger partial charge in [-0.05, 0) is 12.5 Å². The van der Waals surface area contributed by atoms with Crippen LogP contribution >= 0.6 is 0 Å². The Morgan fingerprint density at radius 3 is 2.38 bits per heavy atom.